The van der Waals surface area contributed by atoms with Crippen molar-refractivity contribution in [2.45, 2.75) is 54.8 Å². The summed E-state index contributed by atoms with van der Waals surface area (Å²) in [6.07, 6.45) is -12.2. The van der Waals surface area contributed by atoms with Crippen LogP contribution in [0.15, 0.2) is 0 Å². The third-order valence-electron chi connectivity index (χ3n) is 4.04. The van der Waals surface area contributed by atoms with E-state index in [2.05, 4.69) is 0 Å². The lowest BCUT2D eigenvalue weighted by Gasteiger charge is -2.41. The highest BCUT2D eigenvalue weighted by Crippen LogP contribution is 2.33. The average molecular weight is 342 g/mol. The van der Waals surface area contributed by atoms with Crippen LogP contribution in [0.25, 0.3) is 0 Å². The highest BCUT2D eigenvalue weighted by molar-refractivity contribution is 4.98. The third-order valence-corrected chi connectivity index (χ3v) is 4.04. The summed E-state index contributed by atoms with van der Waals surface area (Å²) in [7, 11) is 0. The van der Waals surface area contributed by atoms with E-state index in [0.29, 0.717) is 0 Å². The van der Waals surface area contributed by atoms with Gasteiger partial charge in [0.15, 0.2) is 6.29 Å². The van der Waals surface area contributed by atoms with Gasteiger partial charge in [0.05, 0.1) is 19.8 Å². The van der Waals surface area contributed by atoms with Gasteiger partial charge >= 0.3 is 0 Å². The van der Waals surface area contributed by atoms with Crippen LogP contribution in [-0.2, 0) is 14.2 Å². The Labute approximate surface area is 130 Å². The molecule has 2 rings (SSSR count). The number of hydrogen-bond donors (Lipinski definition) is 8. The number of ether oxygens (including phenoxy) is 3. The Morgan fingerprint density at radius 1 is 0.870 bits per heavy atom. The van der Waals surface area contributed by atoms with Crippen molar-refractivity contribution in [1.82, 2.24) is 0 Å². The Kier molecular flexibility index (Phi) is 5.92. The van der Waals surface area contributed by atoms with E-state index in [4.69, 9.17) is 24.4 Å². The molecule has 0 bridgehead atoms. The second kappa shape index (κ2) is 7.21. The maximum Gasteiger partial charge on any atom is 0.219 e. The molecular weight excluding hydrogens is 320 g/mol. The Hall–Kier alpha value is -0.440. The number of rotatable bonds is 5. The Balaban J connectivity index is 2.13. The molecule has 2 aliphatic heterocycles. The van der Waals surface area contributed by atoms with E-state index < -0.39 is 74.6 Å². The van der Waals surface area contributed by atoms with Crippen LogP contribution in [0, 0.1) is 0 Å². The normalized spacial score (nSPS) is 51.1. The van der Waals surface area contributed by atoms with E-state index in [0.717, 1.165) is 0 Å². The van der Waals surface area contributed by atoms with Crippen molar-refractivity contribution in [3.8, 4) is 0 Å². The van der Waals surface area contributed by atoms with Crippen LogP contribution in [0.1, 0.15) is 0 Å². The van der Waals surface area contributed by atoms with Crippen molar-refractivity contribution in [1.29, 1.82) is 0 Å². The Morgan fingerprint density at radius 2 is 1.48 bits per heavy atom. The van der Waals surface area contributed by atoms with Gasteiger partial charge in [0, 0.05) is 0 Å². The predicted octanol–water partition coefficient (Wildman–Crippen LogP) is -5.40. The van der Waals surface area contributed by atoms with Crippen LogP contribution in [0.5, 0.6) is 0 Å². The zero-order valence-corrected chi connectivity index (χ0v) is 12.0. The minimum absolute atomic E-state index is 0.668. The van der Waals surface area contributed by atoms with Crippen molar-refractivity contribution in [3.63, 3.8) is 0 Å². The van der Waals surface area contributed by atoms with E-state index in [9.17, 15) is 30.6 Å². The minimum atomic E-state index is -2.37. The molecule has 0 aromatic rings. The van der Waals surface area contributed by atoms with Crippen LogP contribution in [0.2, 0.25) is 0 Å². The van der Waals surface area contributed by atoms with Crippen molar-refractivity contribution >= 4 is 0 Å². The van der Waals surface area contributed by atoms with Gasteiger partial charge in [0.25, 0.3) is 0 Å². The van der Waals surface area contributed by atoms with Gasteiger partial charge in [0.2, 0.25) is 5.79 Å². The lowest BCUT2D eigenvalue weighted by Crippen LogP contribution is -2.60. The molecule has 2 heterocycles. The van der Waals surface area contributed by atoms with Crippen molar-refractivity contribution in [3.05, 3.63) is 0 Å². The molecule has 23 heavy (non-hydrogen) atoms. The topological polar surface area (TPSA) is 190 Å². The molecule has 11 nitrogen and oxygen atoms in total. The van der Waals surface area contributed by atoms with Gasteiger partial charge in [0.1, 0.15) is 42.7 Å². The quantitative estimate of drug-likeness (QED) is 0.238. The first-order valence-corrected chi connectivity index (χ1v) is 7.05. The standard InChI is InChI=1S/C12H22O11/c13-1-4-6(16)7(17)8(18)11(21-4)22-9-5(2-14)23-12(20,3-15)10(9)19/h4-11,13-20H,1-3H2/t4?,5-,6+,7?,8+,9?,10+,11+,12-/m1/s1. The maximum atomic E-state index is 10.00. The van der Waals surface area contributed by atoms with Gasteiger partial charge in [-0.3, -0.25) is 0 Å². The fraction of sp³-hybridized carbons (Fsp3) is 1.00. The number of aliphatic hydroxyl groups excluding tert-OH is 7. The highest BCUT2D eigenvalue weighted by atomic mass is 16.7. The molecule has 0 spiro atoms. The van der Waals surface area contributed by atoms with Crippen LogP contribution in [-0.4, -0.2) is 115 Å². The molecule has 2 fully saturated rings. The molecule has 0 aromatic carbocycles. The Morgan fingerprint density at radius 3 is 2.00 bits per heavy atom. The highest BCUT2D eigenvalue weighted by Gasteiger charge is 2.56. The summed E-state index contributed by atoms with van der Waals surface area (Å²) in [4.78, 5) is 0. The summed E-state index contributed by atoms with van der Waals surface area (Å²) in [5, 5.41) is 76.5. The minimum Gasteiger partial charge on any atom is -0.394 e. The summed E-state index contributed by atoms with van der Waals surface area (Å²) in [6.45, 7) is -2.32. The van der Waals surface area contributed by atoms with Crippen molar-refractivity contribution < 1.29 is 55.1 Å². The summed E-state index contributed by atoms with van der Waals surface area (Å²) in [6, 6.07) is 0. The molecule has 2 aliphatic rings. The first kappa shape index (κ1) is 18.9. The second-order valence-corrected chi connectivity index (χ2v) is 5.58. The lowest BCUT2D eigenvalue weighted by atomic mass is 9.99. The molecule has 0 saturated carbocycles. The van der Waals surface area contributed by atoms with E-state index in [-0.39, 0.29) is 0 Å². The SMILES string of the molecule is OCC1O[C@@H](OC2[C@@H](CO)O[C@](O)(CO)[C@H]2O)[C@@H](O)C(O)[C@H]1O. The summed E-state index contributed by atoms with van der Waals surface area (Å²) >= 11 is 0. The second-order valence-electron chi connectivity index (χ2n) is 5.58. The van der Waals surface area contributed by atoms with Crippen molar-refractivity contribution in [2.24, 2.45) is 0 Å². The largest absolute Gasteiger partial charge is 0.394 e. The predicted molar refractivity (Wildman–Crippen MR) is 68.6 cm³/mol. The third kappa shape index (κ3) is 3.36. The molecule has 8 N–H and O–H groups in total. The summed E-state index contributed by atoms with van der Waals surface area (Å²) in [5.41, 5.74) is 0. The van der Waals surface area contributed by atoms with Crippen LogP contribution < -0.4 is 0 Å². The zero-order valence-electron chi connectivity index (χ0n) is 12.0. The molecule has 9 atom stereocenters. The first-order valence-electron chi connectivity index (χ1n) is 7.05. The first-order chi connectivity index (χ1) is 10.8. The van der Waals surface area contributed by atoms with Gasteiger partial charge in [-0.1, -0.05) is 0 Å². The molecule has 3 unspecified atom stereocenters. The summed E-state index contributed by atoms with van der Waals surface area (Å²) < 4.78 is 15.3. The van der Waals surface area contributed by atoms with Gasteiger partial charge < -0.3 is 55.1 Å². The van der Waals surface area contributed by atoms with Gasteiger partial charge in [-0.05, 0) is 0 Å². The van der Waals surface area contributed by atoms with Crippen LogP contribution >= 0.6 is 0 Å². The molecular formula is C12H22O11. The van der Waals surface area contributed by atoms with Crippen LogP contribution in [0.4, 0.5) is 0 Å². The van der Waals surface area contributed by atoms with Gasteiger partial charge in [-0.15, -0.1) is 0 Å². The van der Waals surface area contributed by atoms with Gasteiger partial charge in [-0.25, -0.2) is 0 Å². The Bertz CT molecular complexity index is 393. The smallest absolute Gasteiger partial charge is 0.219 e. The zero-order chi connectivity index (χ0) is 17.4. The van der Waals surface area contributed by atoms with E-state index in [1.165, 1.54) is 0 Å². The number of aliphatic hydroxyl groups is 8. The fourth-order valence-electron chi connectivity index (χ4n) is 2.63. The van der Waals surface area contributed by atoms with E-state index >= 15 is 0 Å². The van der Waals surface area contributed by atoms with Crippen LogP contribution in [0.3, 0.4) is 0 Å². The maximum absolute atomic E-state index is 10.00. The van der Waals surface area contributed by atoms with E-state index in [1.54, 1.807) is 0 Å². The van der Waals surface area contributed by atoms with Gasteiger partial charge in [-0.2, -0.15) is 0 Å². The molecule has 136 valence electrons. The molecule has 2 saturated heterocycles. The molecule has 0 aliphatic carbocycles. The fourth-order valence-corrected chi connectivity index (χ4v) is 2.63. The summed E-state index contributed by atoms with van der Waals surface area (Å²) in [5.74, 6) is -2.37. The lowest BCUT2D eigenvalue weighted by molar-refractivity contribution is -0.318. The average Bonchev–Trinajstić information content (AvgIpc) is 2.80. The molecule has 0 radical (unpaired) electrons. The van der Waals surface area contributed by atoms with E-state index in [1.807, 2.05) is 0 Å². The monoisotopic (exact) mass is 342 g/mol. The molecule has 0 amide bonds. The van der Waals surface area contributed by atoms with Crippen molar-refractivity contribution in [2.75, 3.05) is 19.8 Å². The number of hydrogen-bond acceptors (Lipinski definition) is 11. The molecule has 11 heteroatoms. The molecule has 0 aromatic heterocycles.